The Morgan fingerprint density at radius 1 is 1.19 bits per heavy atom. The summed E-state index contributed by atoms with van der Waals surface area (Å²) in [4.78, 5) is 25.9. The van der Waals surface area contributed by atoms with Gasteiger partial charge in [-0.1, -0.05) is 0 Å². The summed E-state index contributed by atoms with van der Waals surface area (Å²) >= 11 is 0. The normalized spacial score (nSPS) is 10.8. The first-order valence-corrected chi connectivity index (χ1v) is 6.34. The molecule has 0 radical (unpaired) electrons. The molecule has 2 heterocycles. The molecule has 0 aliphatic carbocycles. The molecule has 0 aliphatic heterocycles. The van der Waals surface area contributed by atoms with Gasteiger partial charge in [-0.15, -0.1) is 0 Å². The number of imidazole rings is 1. The van der Waals surface area contributed by atoms with E-state index in [-0.39, 0.29) is 0 Å². The van der Waals surface area contributed by atoms with Crippen LogP contribution in [0.5, 0.6) is 0 Å². The number of carbonyl (C=O) groups excluding carboxylic acids is 1. The van der Waals surface area contributed by atoms with Crippen LogP contribution in [-0.2, 0) is 0 Å². The van der Waals surface area contributed by atoms with Gasteiger partial charge in [0, 0.05) is 25.3 Å². The summed E-state index contributed by atoms with van der Waals surface area (Å²) in [5, 5.41) is 0. The number of anilines is 1. The third-order valence-corrected chi connectivity index (χ3v) is 3.11. The van der Waals surface area contributed by atoms with E-state index in [1.807, 2.05) is 23.6 Å². The second-order valence-corrected chi connectivity index (χ2v) is 4.80. The molecule has 2 aromatic heterocycles. The predicted octanol–water partition coefficient (Wildman–Crippen LogP) is 0.980. The molecule has 0 bridgehead atoms. The first kappa shape index (κ1) is 13.0. The molecule has 0 atom stereocenters. The van der Waals surface area contributed by atoms with E-state index in [4.69, 9.17) is 5.73 Å². The summed E-state index contributed by atoms with van der Waals surface area (Å²) in [5.41, 5.74) is 7.98. The standard InChI is InChI=1S/C14H14N6O/c1-19(2)14-16-7-11-13(18-14)20(8-17-11)10-5-3-9(4-6-10)12(15)21/h3-8H,1-2H3,(H2,15,21). The van der Waals surface area contributed by atoms with Crippen LogP contribution < -0.4 is 10.6 Å². The van der Waals surface area contributed by atoms with E-state index in [2.05, 4.69) is 15.0 Å². The van der Waals surface area contributed by atoms with Crippen LogP contribution in [0.25, 0.3) is 16.9 Å². The summed E-state index contributed by atoms with van der Waals surface area (Å²) in [6.45, 7) is 0. The molecule has 0 spiro atoms. The number of aromatic nitrogens is 4. The lowest BCUT2D eigenvalue weighted by atomic mass is 10.2. The summed E-state index contributed by atoms with van der Waals surface area (Å²) < 4.78 is 1.84. The van der Waals surface area contributed by atoms with Crippen molar-refractivity contribution >= 4 is 23.0 Å². The second kappa shape index (κ2) is 4.86. The third kappa shape index (κ3) is 2.29. The van der Waals surface area contributed by atoms with E-state index in [1.54, 1.807) is 36.8 Å². The van der Waals surface area contributed by atoms with Gasteiger partial charge in [-0.05, 0) is 24.3 Å². The van der Waals surface area contributed by atoms with Gasteiger partial charge >= 0.3 is 0 Å². The first-order chi connectivity index (χ1) is 10.1. The molecule has 0 saturated heterocycles. The van der Waals surface area contributed by atoms with Crippen LogP contribution in [0.2, 0.25) is 0 Å². The molecule has 1 aromatic carbocycles. The van der Waals surface area contributed by atoms with E-state index < -0.39 is 5.91 Å². The molecule has 0 unspecified atom stereocenters. The Balaban J connectivity index is 2.11. The van der Waals surface area contributed by atoms with Crippen LogP contribution in [0, 0.1) is 0 Å². The number of hydrogen-bond acceptors (Lipinski definition) is 5. The van der Waals surface area contributed by atoms with Crippen molar-refractivity contribution in [3.63, 3.8) is 0 Å². The van der Waals surface area contributed by atoms with Crippen molar-refractivity contribution in [1.82, 2.24) is 19.5 Å². The summed E-state index contributed by atoms with van der Waals surface area (Å²) in [6.07, 6.45) is 3.37. The third-order valence-electron chi connectivity index (χ3n) is 3.11. The number of primary amides is 1. The van der Waals surface area contributed by atoms with Crippen molar-refractivity contribution < 1.29 is 4.79 Å². The highest BCUT2D eigenvalue weighted by Crippen LogP contribution is 2.18. The molecule has 2 N–H and O–H groups in total. The van der Waals surface area contributed by atoms with Crippen molar-refractivity contribution in [2.24, 2.45) is 5.73 Å². The number of amides is 1. The first-order valence-electron chi connectivity index (χ1n) is 6.34. The lowest BCUT2D eigenvalue weighted by Gasteiger charge is -2.10. The minimum absolute atomic E-state index is 0.450. The molecule has 0 aliphatic rings. The van der Waals surface area contributed by atoms with Crippen LogP contribution in [0.1, 0.15) is 10.4 Å². The summed E-state index contributed by atoms with van der Waals surface area (Å²) in [5.74, 6) is 0.160. The lowest BCUT2D eigenvalue weighted by Crippen LogP contribution is -2.13. The Labute approximate surface area is 121 Å². The molecule has 1 amide bonds. The predicted molar refractivity (Wildman–Crippen MR) is 79.5 cm³/mol. The van der Waals surface area contributed by atoms with Crippen molar-refractivity contribution in [1.29, 1.82) is 0 Å². The Morgan fingerprint density at radius 2 is 1.90 bits per heavy atom. The molecular formula is C14H14N6O. The van der Waals surface area contributed by atoms with Gasteiger partial charge in [0.2, 0.25) is 11.9 Å². The highest BCUT2D eigenvalue weighted by molar-refractivity contribution is 5.93. The van der Waals surface area contributed by atoms with Crippen molar-refractivity contribution in [3.05, 3.63) is 42.4 Å². The SMILES string of the molecule is CN(C)c1ncc2ncn(-c3ccc(C(N)=O)cc3)c2n1. The Hall–Kier alpha value is -2.96. The minimum atomic E-state index is -0.450. The van der Waals surface area contributed by atoms with Crippen molar-refractivity contribution in [2.45, 2.75) is 0 Å². The Bertz CT molecular complexity index is 806. The minimum Gasteiger partial charge on any atom is -0.366 e. The van der Waals surface area contributed by atoms with Gasteiger partial charge in [0.05, 0.1) is 6.20 Å². The van der Waals surface area contributed by atoms with Gasteiger partial charge in [-0.3, -0.25) is 9.36 Å². The fourth-order valence-electron chi connectivity index (χ4n) is 1.99. The number of nitrogens with zero attached hydrogens (tertiary/aromatic N) is 5. The molecule has 0 fully saturated rings. The molecule has 7 nitrogen and oxygen atoms in total. The fourth-order valence-corrected chi connectivity index (χ4v) is 1.99. The highest BCUT2D eigenvalue weighted by atomic mass is 16.1. The zero-order valence-electron chi connectivity index (χ0n) is 11.7. The quantitative estimate of drug-likeness (QED) is 0.773. The van der Waals surface area contributed by atoms with Crippen LogP contribution in [0.4, 0.5) is 5.95 Å². The number of fused-ring (bicyclic) bond motifs is 1. The Kier molecular flexibility index (Phi) is 3.02. The van der Waals surface area contributed by atoms with Crippen LogP contribution in [0.3, 0.4) is 0 Å². The van der Waals surface area contributed by atoms with Gasteiger partial charge in [0.15, 0.2) is 5.65 Å². The number of carbonyl (C=O) groups is 1. The Morgan fingerprint density at radius 3 is 2.52 bits per heavy atom. The number of rotatable bonds is 3. The number of hydrogen-bond donors (Lipinski definition) is 1. The number of nitrogens with two attached hydrogens (primary N) is 1. The van der Waals surface area contributed by atoms with Crippen LogP contribution in [-0.4, -0.2) is 39.5 Å². The van der Waals surface area contributed by atoms with E-state index >= 15 is 0 Å². The van der Waals surface area contributed by atoms with Gasteiger partial charge in [0.1, 0.15) is 11.8 Å². The van der Waals surface area contributed by atoms with Crippen LogP contribution in [0.15, 0.2) is 36.8 Å². The molecular weight excluding hydrogens is 268 g/mol. The topological polar surface area (TPSA) is 89.9 Å². The van der Waals surface area contributed by atoms with Gasteiger partial charge in [-0.25, -0.2) is 9.97 Å². The summed E-state index contributed by atoms with van der Waals surface area (Å²) in [6, 6.07) is 6.96. The zero-order chi connectivity index (χ0) is 15.0. The van der Waals surface area contributed by atoms with Crippen LogP contribution >= 0.6 is 0 Å². The fraction of sp³-hybridized carbons (Fsp3) is 0.143. The maximum atomic E-state index is 11.1. The summed E-state index contributed by atoms with van der Waals surface area (Å²) in [7, 11) is 3.76. The van der Waals surface area contributed by atoms with Gasteiger partial charge < -0.3 is 10.6 Å². The highest BCUT2D eigenvalue weighted by Gasteiger charge is 2.09. The molecule has 0 saturated carbocycles. The van der Waals surface area contributed by atoms with Gasteiger partial charge in [0.25, 0.3) is 0 Å². The molecule has 106 valence electrons. The molecule has 3 aromatic rings. The maximum Gasteiger partial charge on any atom is 0.248 e. The van der Waals surface area contributed by atoms with E-state index in [0.29, 0.717) is 22.7 Å². The van der Waals surface area contributed by atoms with E-state index in [1.165, 1.54) is 0 Å². The molecule has 21 heavy (non-hydrogen) atoms. The number of benzene rings is 1. The largest absolute Gasteiger partial charge is 0.366 e. The van der Waals surface area contributed by atoms with E-state index in [0.717, 1.165) is 5.69 Å². The monoisotopic (exact) mass is 282 g/mol. The maximum absolute atomic E-state index is 11.1. The smallest absolute Gasteiger partial charge is 0.248 e. The lowest BCUT2D eigenvalue weighted by molar-refractivity contribution is 0.100. The zero-order valence-corrected chi connectivity index (χ0v) is 11.7. The van der Waals surface area contributed by atoms with Crippen molar-refractivity contribution in [2.75, 3.05) is 19.0 Å². The average Bonchev–Trinajstić information content (AvgIpc) is 2.90. The molecule has 7 heteroatoms. The average molecular weight is 282 g/mol. The molecule has 3 rings (SSSR count). The van der Waals surface area contributed by atoms with Crippen molar-refractivity contribution in [3.8, 4) is 5.69 Å². The van der Waals surface area contributed by atoms with Gasteiger partial charge in [-0.2, -0.15) is 4.98 Å². The van der Waals surface area contributed by atoms with E-state index in [9.17, 15) is 4.79 Å². The second-order valence-electron chi connectivity index (χ2n) is 4.80.